The molecule has 0 radical (unpaired) electrons. The van der Waals surface area contributed by atoms with Gasteiger partial charge in [0.2, 0.25) is 0 Å². The van der Waals surface area contributed by atoms with Crippen molar-refractivity contribution in [3.8, 4) is 5.75 Å². The molecule has 3 aromatic carbocycles. The van der Waals surface area contributed by atoms with Crippen LogP contribution in [0.3, 0.4) is 0 Å². The third-order valence-corrected chi connectivity index (χ3v) is 4.77. The minimum Gasteiger partial charge on any atom is -0.493 e. The van der Waals surface area contributed by atoms with Crippen LogP contribution in [0.25, 0.3) is 10.8 Å². The van der Waals surface area contributed by atoms with E-state index in [1.165, 1.54) is 0 Å². The largest absolute Gasteiger partial charge is 0.493 e. The fourth-order valence-corrected chi connectivity index (χ4v) is 3.21. The van der Waals surface area contributed by atoms with Crippen LogP contribution in [0.5, 0.6) is 5.75 Å². The molecule has 0 aromatic heterocycles. The number of anilines is 1. The van der Waals surface area contributed by atoms with Gasteiger partial charge in [-0.05, 0) is 47.7 Å². The maximum Gasteiger partial charge on any atom is 0.260 e. The number of hydrogen-bond donors (Lipinski definition) is 1. The third kappa shape index (κ3) is 3.57. The number of rotatable bonds is 6. The Labute approximate surface area is 155 Å². The van der Waals surface area contributed by atoms with Gasteiger partial charge in [0.05, 0.1) is 12.2 Å². The van der Waals surface area contributed by atoms with Crippen molar-refractivity contribution in [1.29, 1.82) is 0 Å². The van der Waals surface area contributed by atoms with Crippen molar-refractivity contribution in [1.82, 2.24) is 0 Å². The van der Waals surface area contributed by atoms with Crippen LogP contribution in [0.1, 0.15) is 49.0 Å². The minimum atomic E-state index is -0.138. The normalized spacial score (nSPS) is 12.0. The molecule has 0 saturated heterocycles. The van der Waals surface area contributed by atoms with Gasteiger partial charge < -0.3 is 10.1 Å². The molecule has 3 aromatic rings. The molecule has 0 aliphatic carbocycles. The number of carbonyl (C=O) groups excluding carboxylic acids is 1. The third-order valence-electron chi connectivity index (χ3n) is 4.77. The van der Waals surface area contributed by atoms with E-state index in [0.29, 0.717) is 23.8 Å². The summed E-state index contributed by atoms with van der Waals surface area (Å²) >= 11 is 0. The van der Waals surface area contributed by atoms with Crippen molar-refractivity contribution < 1.29 is 9.53 Å². The van der Waals surface area contributed by atoms with Gasteiger partial charge in [-0.15, -0.1) is 0 Å². The second kappa shape index (κ2) is 8.05. The molecule has 1 atom stereocenters. The summed E-state index contributed by atoms with van der Waals surface area (Å²) in [5.74, 6) is 0.858. The van der Waals surface area contributed by atoms with Crippen molar-refractivity contribution in [2.24, 2.45) is 0 Å². The Morgan fingerprint density at radius 3 is 2.50 bits per heavy atom. The average molecular weight is 347 g/mol. The first-order valence-corrected chi connectivity index (χ1v) is 9.20. The van der Waals surface area contributed by atoms with E-state index in [1.54, 1.807) is 0 Å². The lowest BCUT2D eigenvalue weighted by Crippen LogP contribution is -2.16. The van der Waals surface area contributed by atoms with E-state index in [1.807, 2.05) is 61.5 Å². The lowest BCUT2D eigenvalue weighted by Gasteiger charge is -2.17. The standard InChI is InChI=1S/C23H25NO2/c1-4-16(3)18-11-8-9-13-20(18)24-23(25)22-19-12-7-6-10-17(19)14-15-21(22)26-5-2/h6-16H,4-5H2,1-3H3,(H,24,25)/t16-/m1/s1. The van der Waals surface area contributed by atoms with Crippen LogP contribution in [0.4, 0.5) is 5.69 Å². The fourth-order valence-electron chi connectivity index (χ4n) is 3.21. The van der Waals surface area contributed by atoms with Gasteiger partial charge >= 0.3 is 0 Å². The van der Waals surface area contributed by atoms with Gasteiger partial charge in [0, 0.05) is 5.69 Å². The Morgan fingerprint density at radius 1 is 1.00 bits per heavy atom. The first-order valence-electron chi connectivity index (χ1n) is 9.20. The molecule has 0 aliphatic rings. The molecule has 3 heteroatoms. The summed E-state index contributed by atoms with van der Waals surface area (Å²) in [6, 6.07) is 19.8. The lowest BCUT2D eigenvalue weighted by molar-refractivity contribution is 0.102. The number of ether oxygens (including phenoxy) is 1. The van der Waals surface area contributed by atoms with E-state index in [0.717, 1.165) is 28.4 Å². The molecule has 1 N–H and O–H groups in total. The van der Waals surface area contributed by atoms with E-state index >= 15 is 0 Å². The van der Waals surface area contributed by atoms with Crippen molar-refractivity contribution in [2.75, 3.05) is 11.9 Å². The van der Waals surface area contributed by atoms with Crippen molar-refractivity contribution >= 4 is 22.4 Å². The van der Waals surface area contributed by atoms with Crippen LogP contribution in [-0.2, 0) is 0 Å². The molecule has 3 rings (SSSR count). The smallest absolute Gasteiger partial charge is 0.260 e. The van der Waals surface area contributed by atoms with Crippen LogP contribution >= 0.6 is 0 Å². The number of benzene rings is 3. The number of hydrogen-bond acceptors (Lipinski definition) is 2. The number of para-hydroxylation sites is 1. The summed E-state index contributed by atoms with van der Waals surface area (Å²) < 4.78 is 5.74. The Morgan fingerprint density at radius 2 is 1.73 bits per heavy atom. The summed E-state index contributed by atoms with van der Waals surface area (Å²) in [6.07, 6.45) is 1.02. The van der Waals surface area contributed by atoms with Crippen LogP contribution in [0.2, 0.25) is 0 Å². The molecule has 0 bridgehead atoms. The molecular formula is C23H25NO2. The predicted octanol–water partition coefficient (Wildman–Crippen LogP) is 6.00. The van der Waals surface area contributed by atoms with Gasteiger partial charge in [-0.1, -0.05) is 62.4 Å². The zero-order valence-electron chi connectivity index (χ0n) is 15.6. The Hall–Kier alpha value is -2.81. The number of fused-ring (bicyclic) bond motifs is 1. The molecule has 0 heterocycles. The quantitative estimate of drug-likeness (QED) is 0.593. The van der Waals surface area contributed by atoms with Crippen LogP contribution in [0.15, 0.2) is 60.7 Å². The molecule has 1 amide bonds. The number of amides is 1. The fraction of sp³-hybridized carbons (Fsp3) is 0.261. The van der Waals surface area contributed by atoms with Gasteiger partial charge in [-0.2, -0.15) is 0 Å². The number of nitrogens with one attached hydrogen (secondary N) is 1. The van der Waals surface area contributed by atoms with Crippen molar-refractivity contribution in [3.63, 3.8) is 0 Å². The Balaban J connectivity index is 2.04. The Kier molecular flexibility index (Phi) is 5.57. The van der Waals surface area contributed by atoms with E-state index < -0.39 is 0 Å². The molecular weight excluding hydrogens is 322 g/mol. The maximum absolute atomic E-state index is 13.2. The minimum absolute atomic E-state index is 0.138. The SMILES string of the molecule is CCOc1ccc2ccccc2c1C(=O)Nc1ccccc1[C@H](C)CC. The highest BCUT2D eigenvalue weighted by molar-refractivity contribution is 6.15. The zero-order valence-corrected chi connectivity index (χ0v) is 15.6. The molecule has 134 valence electrons. The maximum atomic E-state index is 13.2. The summed E-state index contributed by atoms with van der Waals surface area (Å²) in [5.41, 5.74) is 2.60. The molecule has 0 fully saturated rings. The van der Waals surface area contributed by atoms with E-state index in [2.05, 4.69) is 25.2 Å². The van der Waals surface area contributed by atoms with Crippen LogP contribution < -0.4 is 10.1 Å². The molecule has 26 heavy (non-hydrogen) atoms. The topological polar surface area (TPSA) is 38.3 Å². The molecule has 0 aliphatic heterocycles. The van der Waals surface area contributed by atoms with Crippen LogP contribution in [-0.4, -0.2) is 12.5 Å². The lowest BCUT2D eigenvalue weighted by atomic mass is 9.96. The first-order chi connectivity index (χ1) is 12.7. The summed E-state index contributed by atoms with van der Waals surface area (Å²) in [6.45, 7) is 6.77. The highest BCUT2D eigenvalue weighted by Gasteiger charge is 2.18. The predicted molar refractivity (Wildman–Crippen MR) is 108 cm³/mol. The van der Waals surface area contributed by atoms with Gasteiger partial charge in [0.1, 0.15) is 5.75 Å². The molecule has 0 unspecified atom stereocenters. The molecule has 3 nitrogen and oxygen atoms in total. The van der Waals surface area contributed by atoms with Crippen molar-refractivity contribution in [3.05, 3.63) is 71.8 Å². The second-order valence-electron chi connectivity index (χ2n) is 6.44. The average Bonchev–Trinajstić information content (AvgIpc) is 2.67. The number of carbonyl (C=O) groups is 1. The zero-order chi connectivity index (χ0) is 18.5. The van der Waals surface area contributed by atoms with Gasteiger partial charge in [-0.3, -0.25) is 4.79 Å². The van der Waals surface area contributed by atoms with Gasteiger partial charge in [-0.25, -0.2) is 0 Å². The van der Waals surface area contributed by atoms with Gasteiger partial charge in [0.25, 0.3) is 5.91 Å². The first kappa shape index (κ1) is 18.0. The monoisotopic (exact) mass is 347 g/mol. The Bertz CT molecular complexity index is 917. The molecule has 0 saturated carbocycles. The van der Waals surface area contributed by atoms with E-state index in [9.17, 15) is 4.79 Å². The van der Waals surface area contributed by atoms with E-state index in [-0.39, 0.29) is 5.91 Å². The highest BCUT2D eigenvalue weighted by atomic mass is 16.5. The molecule has 0 spiro atoms. The summed E-state index contributed by atoms with van der Waals surface area (Å²) in [7, 11) is 0. The van der Waals surface area contributed by atoms with Crippen LogP contribution in [0, 0.1) is 0 Å². The van der Waals surface area contributed by atoms with E-state index in [4.69, 9.17) is 4.74 Å². The van der Waals surface area contributed by atoms with Crippen molar-refractivity contribution in [2.45, 2.75) is 33.1 Å². The second-order valence-corrected chi connectivity index (χ2v) is 6.44. The summed E-state index contributed by atoms with van der Waals surface area (Å²) in [4.78, 5) is 13.2. The van der Waals surface area contributed by atoms with Gasteiger partial charge in [0.15, 0.2) is 0 Å². The summed E-state index contributed by atoms with van der Waals surface area (Å²) in [5, 5.41) is 5.04. The highest BCUT2D eigenvalue weighted by Crippen LogP contribution is 2.31.